The highest BCUT2D eigenvalue weighted by atomic mass is 32.1. The molecule has 0 radical (unpaired) electrons. The van der Waals surface area contributed by atoms with Crippen molar-refractivity contribution in [3.63, 3.8) is 0 Å². The van der Waals surface area contributed by atoms with Gasteiger partial charge in [-0.15, -0.1) is 10.2 Å². The van der Waals surface area contributed by atoms with Gasteiger partial charge in [-0.2, -0.15) is 0 Å². The number of carbonyl (C=O) groups excluding carboxylic acids is 1. The predicted octanol–water partition coefficient (Wildman–Crippen LogP) is 0.348. The van der Waals surface area contributed by atoms with Crippen LogP contribution in [-0.2, 0) is 16.0 Å². The van der Waals surface area contributed by atoms with Crippen molar-refractivity contribution in [3.8, 4) is 0 Å². The van der Waals surface area contributed by atoms with E-state index in [4.69, 9.17) is 10.5 Å². The fourth-order valence-corrected chi connectivity index (χ4v) is 2.40. The Morgan fingerprint density at radius 1 is 1.65 bits per heavy atom. The number of hydrogen-bond acceptors (Lipinski definition) is 6. The van der Waals surface area contributed by atoms with Crippen LogP contribution in [0.2, 0.25) is 0 Å². The molecule has 0 spiro atoms. The highest BCUT2D eigenvalue weighted by Crippen LogP contribution is 2.24. The first-order chi connectivity index (χ1) is 8.10. The van der Waals surface area contributed by atoms with Crippen LogP contribution in [0.1, 0.15) is 24.8 Å². The van der Waals surface area contributed by atoms with Crippen LogP contribution in [-0.4, -0.2) is 34.9 Å². The maximum atomic E-state index is 11.9. The van der Waals surface area contributed by atoms with Gasteiger partial charge >= 0.3 is 0 Å². The molecule has 17 heavy (non-hydrogen) atoms. The van der Waals surface area contributed by atoms with E-state index in [-0.39, 0.29) is 5.91 Å². The molecule has 1 aromatic rings. The van der Waals surface area contributed by atoms with E-state index in [1.807, 2.05) is 6.92 Å². The summed E-state index contributed by atoms with van der Waals surface area (Å²) < 4.78 is 5.45. The van der Waals surface area contributed by atoms with Gasteiger partial charge in [0.25, 0.3) is 5.91 Å². The molecule has 6 nitrogen and oxygen atoms in total. The third-order valence-corrected chi connectivity index (χ3v) is 3.62. The molecular weight excluding hydrogens is 240 g/mol. The van der Waals surface area contributed by atoms with Crippen LogP contribution in [0, 0.1) is 0 Å². The molecule has 94 valence electrons. The minimum atomic E-state index is -0.653. The summed E-state index contributed by atoms with van der Waals surface area (Å²) in [7, 11) is 0. The van der Waals surface area contributed by atoms with Crippen molar-refractivity contribution < 1.29 is 9.53 Å². The van der Waals surface area contributed by atoms with E-state index in [1.54, 1.807) is 0 Å². The molecule has 0 aromatic carbocycles. The van der Waals surface area contributed by atoms with Crippen LogP contribution in [0.15, 0.2) is 0 Å². The monoisotopic (exact) mass is 256 g/mol. The maximum Gasteiger partial charge on any atom is 0.251 e. The van der Waals surface area contributed by atoms with Crippen molar-refractivity contribution in [2.45, 2.75) is 31.8 Å². The zero-order valence-corrected chi connectivity index (χ0v) is 10.5. The van der Waals surface area contributed by atoms with E-state index in [1.165, 1.54) is 11.3 Å². The van der Waals surface area contributed by atoms with E-state index >= 15 is 0 Å². The lowest BCUT2D eigenvalue weighted by Gasteiger charge is -2.21. The van der Waals surface area contributed by atoms with Crippen LogP contribution in [0.5, 0.6) is 0 Å². The molecule has 1 amide bonds. The van der Waals surface area contributed by atoms with Crippen LogP contribution in [0.4, 0.5) is 5.13 Å². The molecule has 0 saturated carbocycles. The Hall–Kier alpha value is -1.21. The number of nitrogens with zero attached hydrogens (tertiary/aromatic N) is 2. The van der Waals surface area contributed by atoms with Gasteiger partial charge in [0, 0.05) is 19.6 Å². The first-order valence-corrected chi connectivity index (χ1v) is 6.42. The summed E-state index contributed by atoms with van der Waals surface area (Å²) >= 11 is 1.34. The zero-order valence-electron chi connectivity index (χ0n) is 9.73. The Morgan fingerprint density at radius 3 is 3.06 bits per heavy atom. The van der Waals surface area contributed by atoms with Crippen molar-refractivity contribution in [2.75, 3.05) is 18.9 Å². The quantitative estimate of drug-likeness (QED) is 0.811. The first-order valence-electron chi connectivity index (χ1n) is 5.60. The molecule has 7 heteroatoms. The van der Waals surface area contributed by atoms with Crippen molar-refractivity contribution in [1.82, 2.24) is 15.5 Å². The number of anilines is 1. The average molecular weight is 256 g/mol. The number of hydrogen-bond donors (Lipinski definition) is 2. The summed E-state index contributed by atoms with van der Waals surface area (Å²) in [6, 6.07) is 0. The molecule has 1 atom stereocenters. The number of rotatable bonds is 4. The first kappa shape index (κ1) is 12.3. The number of amides is 1. The smallest absolute Gasteiger partial charge is 0.251 e. The molecule has 2 rings (SSSR count). The third-order valence-electron chi connectivity index (χ3n) is 2.81. The Labute approximate surface area is 104 Å². The second kappa shape index (κ2) is 4.97. The fourth-order valence-electron chi connectivity index (χ4n) is 1.80. The molecule has 1 aliphatic rings. The Kier molecular flexibility index (Phi) is 3.58. The lowest BCUT2D eigenvalue weighted by molar-refractivity contribution is -0.139. The van der Waals surface area contributed by atoms with Crippen molar-refractivity contribution in [2.24, 2.45) is 0 Å². The van der Waals surface area contributed by atoms with Gasteiger partial charge in [-0.1, -0.05) is 11.3 Å². The van der Waals surface area contributed by atoms with Gasteiger partial charge in [0.2, 0.25) is 5.13 Å². The largest absolute Gasteiger partial charge is 0.374 e. The minimum Gasteiger partial charge on any atom is -0.374 e. The molecule has 3 N–H and O–H groups in total. The standard InChI is InChI=1S/C10H16N4O2S/c1-10(4-2-6-16-10)8(15)12-5-3-7-13-14-9(11)17-7/h2-6H2,1H3,(H2,11,14)(H,12,15). The lowest BCUT2D eigenvalue weighted by Crippen LogP contribution is -2.44. The highest BCUT2D eigenvalue weighted by Gasteiger charge is 2.37. The van der Waals surface area contributed by atoms with Gasteiger partial charge in [-0.3, -0.25) is 4.79 Å². The van der Waals surface area contributed by atoms with Crippen LogP contribution in [0.3, 0.4) is 0 Å². The van der Waals surface area contributed by atoms with E-state index < -0.39 is 5.60 Å². The molecule has 1 fully saturated rings. The van der Waals surface area contributed by atoms with Gasteiger partial charge in [0.15, 0.2) is 0 Å². The van der Waals surface area contributed by atoms with E-state index in [0.29, 0.717) is 24.7 Å². The van der Waals surface area contributed by atoms with Gasteiger partial charge in [-0.25, -0.2) is 0 Å². The molecule has 1 aliphatic heterocycles. The van der Waals surface area contributed by atoms with Crippen molar-refractivity contribution in [1.29, 1.82) is 0 Å². The second-order valence-corrected chi connectivity index (χ2v) is 5.32. The Balaban J connectivity index is 1.77. The molecule has 0 aliphatic carbocycles. The van der Waals surface area contributed by atoms with Crippen molar-refractivity contribution >= 4 is 22.4 Å². The third kappa shape index (κ3) is 2.92. The SMILES string of the molecule is CC1(C(=O)NCCc2nnc(N)s2)CCCO1. The van der Waals surface area contributed by atoms with Crippen LogP contribution in [0.25, 0.3) is 0 Å². The number of nitrogens with two attached hydrogens (primary N) is 1. The summed E-state index contributed by atoms with van der Waals surface area (Å²) in [5.74, 6) is -0.0486. The molecule has 2 heterocycles. The summed E-state index contributed by atoms with van der Waals surface area (Å²) in [5.41, 5.74) is 4.82. The summed E-state index contributed by atoms with van der Waals surface area (Å²) in [6.07, 6.45) is 2.37. The number of nitrogens with one attached hydrogen (secondary N) is 1. The predicted molar refractivity (Wildman–Crippen MR) is 64.6 cm³/mol. The lowest BCUT2D eigenvalue weighted by atomic mass is 10.0. The highest BCUT2D eigenvalue weighted by molar-refractivity contribution is 7.15. The van der Waals surface area contributed by atoms with Crippen molar-refractivity contribution in [3.05, 3.63) is 5.01 Å². The fraction of sp³-hybridized carbons (Fsp3) is 0.700. The van der Waals surface area contributed by atoms with Gasteiger partial charge < -0.3 is 15.8 Å². The Bertz CT molecular complexity index is 401. The van der Waals surface area contributed by atoms with E-state index in [2.05, 4.69) is 15.5 Å². The molecule has 0 bridgehead atoms. The normalized spacial score (nSPS) is 23.8. The zero-order chi connectivity index (χ0) is 12.3. The van der Waals surface area contributed by atoms with Crippen LogP contribution >= 0.6 is 11.3 Å². The summed E-state index contributed by atoms with van der Waals surface area (Å²) in [5, 5.41) is 11.7. The Morgan fingerprint density at radius 2 is 2.47 bits per heavy atom. The van der Waals surface area contributed by atoms with Crippen LogP contribution < -0.4 is 11.1 Å². The van der Waals surface area contributed by atoms with E-state index in [0.717, 1.165) is 17.8 Å². The van der Waals surface area contributed by atoms with Gasteiger partial charge in [0.1, 0.15) is 10.6 Å². The average Bonchev–Trinajstić information content (AvgIpc) is 2.89. The maximum absolute atomic E-state index is 11.9. The topological polar surface area (TPSA) is 90.1 Å². The van der Waals surface area contributed by atoms with Gasteiger partial charge in [0.05, 0.1) is 0 Å². The number of aromatic nitrogens is 2. The molecule has 1 saturated heterocycles. The number of nitrogen functional groups attached to an aromatic ring is 1. The minimum absolute atomic E-state index is 0.0486. The molecule has 1 aromatic heterocycles. The number of ether oxygens (including phenoxy) is 1. The summed E-state index contributed by atoms with van der Waals surface area (Å²) in [4.78, 5) is 11.9. The molecule has 1 unspecified atom stereocenters. The second-order valence-electron chi connectivity index (χ2n) is 4.22. The number of carbonyl (C=O) groups is 1. The van der Waals surface area contributed by atoms with E-state index in [9.17, 15) is 4.79 Å². The van der Waals surface area contributed by atoms with Gasteiger partial charge in [-0.05, 0) is 19.8 Å². The molecular formula is C10H16N4O2S. The summed E-state index contributed by atoms with van der Waals surface area (Å²) in [6.45, 7) is 3.03.